The zero-order valence-corrected chi connectivity index (χ0v) is 16.4. The number of quaternary nitrogens is 1. The Morgan fingerprint density at radius 1 is 1.12 bits per heavy atom. The summed E-state index contributed by atoms with van der Waals surface area (Å²) < 4.78 is 5.58. The van der Waals surface area contributed by atoms with E-state index in [0.29, 0.717) is 5.54 Å². The summed E-state index contributed by atoms with van der Waals surface area (Å²) in [7, 11) is 0. The number of ether oxygens (including phenoxy) is 1. The van der Waals surface area contributed by atoms with Crippen molar-refractivity contribution in [1.82, 2.24) is 5.32 Å². The van der Waals surface area contributed by atoms with Crippen molar-refractivity contribution < 1.29 is 9.64 Å². The molecule has 0 spiro atoms. The van der Waals surface area contributed by atoms with Gasteiger partial charge in [-0.05, 0) is 62.2 Å². The Hall–Kier alpha value is -1.17. The molecular weight excluding hydrogens is 330 g/mol. The maximum Gasteiger partial charge on any atom is 0.171 e. The van der Waals surface area contributed by atoms with Crippen molar-refractivity contribution in [2.75, 3.05) is 38.2 Å². The third-order valence-electron chi connectivity index (χ3n) is 6.01. The summed E-state index contributed by atoms with van der Waals surface area (Å²) in [5.41, 5.74) is 3.98. The van der Waals surface area contributed by atoms with Crippen molar-refractivity contribution in [3.63, 3.8) is 0 Å². The van der Waals surface area contributed by atoms with E-state index in [4.69, 9.17) is 17.0 Å². The summed E-state index contributed by atoms with van der Waals surface area (Å²) in [4.78, 5) is 1.71. The van der Waals surface area contributed by atoms with Gasteiger partial charge < -0.3 is 20.3 Å². The van der Waals surface area contributed by atoms with Crippen LogP contribution < -0.4 is 15.5 Å². The summed E-state index contributed by atoms with van der Waals surface area (Å²) in [5, 5.41) is 7.62. The Bertz CT molecular complexity index is 593. The van der Waals surface area contributed by atoms with E-state index in [2.05, 4.69) is 42.7 Å². The average Bonchev–Trinajstić information content (AvgIpc) is 2.65. The lowest BCUT2D eigenvalue weighted by Crippen LogP contribution is -3.23. The molecule has 25 heavy (non-hydrogen) atoms. The highest BCUT2D eigenvalue weighted by Crippen LogP contribution is 2.25. The van der Waals surface area contributed by atoms with E-state index in [1.54, 1.807) is 4.90 Å². The van der Waals surface area contributed by atoms with E-state index in [-0.39, 0.29) is 0 Å². The molecule has 4 nitrogen and oxygen atoms in total. The number of aryl methyl sites for hydroxylation is 2. The molecule has 1 saturated carbocycles. The fraction of sp³-hybridized carbons (Fsp3) is 0.650. The Labute approximate surface area is 157 Å². The molecule has 0 atom stereocenters. The van der Waals surface area contributed by atoms with Crippen molar-refractivity contribution in [3.05, 3.63) is 29.3 Å². The molecule has 1 aliphatic heterocycles. The number of anilines is 1. The van der Waals surface area contributed by atoms with E-state index < -0.39 is 0 Å². The number of hydrogen-bond donors (Lipinski definition) is 3. The van der Waals surface area contributed by atoms with Crippen LogP contribution in [0.15, 0.2) is 18.2 Å². The molecule has 0 radical (unpaired) electrons. The minimum atomic E-state index is 0.316. The molecule has 3 N–H and O–H groups in total. The largest absolute Gasteiger partial charge is 0.370 e. The first kappa shape index (κ1) is 18.6. The molecule has 0 bridgehead atoms. The van der Waals surface area contributed by atoms with Gasteiger partial charge in [0.05, 0.1) is 19.8 Å². The van der Waals surface area contributed by atoms with Gasteiger partial charge in [0.15, 0.2) is 5.11 Å². The third-order valence-corrected chi connectivity index (χ3v) is 6.26. The highest BCUT2D eigenvalue weighted by molar-refractivity contribution is 7.80. The van der Waals surface area contributed by atoms with Gasteiger partial charge in [-0.3, -0.25) is 0 Å². The van der Waals surface area contributed by atoms with Crippen LogP contribution in [0, 0.1) is 13.8 Å². The van der Waals surface area contributed by atoms with Crippen LogP contribution in [-0.4, -0.2) is 43.5 Å². The van der Waals surface area contributed by atoms with Crippen molar-refractivity contribution in [1.29, 1.82) is 0 Å². The highest BCUT2D eigenvalue weighted by Gasteiger charge is 2.42. The lowest BCUT2D eigenvalue weighted by Gasteiger charge is -2.45. The molecule has 0 amide bonds. The molecule has 0 aromatic heterocycles. The summed E-state index contributed by atoms with van der Waals surface area (Å²) in [5.74, 6) is 0. The zero-order valence-electron chi connectivity index (χ0n) is 15.6. The quantitative estimate of drug-likeness (QED) is 0.718. The number of hydrogen-bond acceptors (Lipinski definition) is 2. The number of nitrogens with one attached hydrogen (secondary N) is 3. The van der Waals surface area contributed by atoms with Crippen molar-refractivity contribution in [2.24, 2.45) is 0 Å². The molecule has 1 heterocycles. The van der Waals surface area contributed by atoms with Crippen LogP contribution in [0.1, 0.15) is 43.2 Å². The maximum absolute atomic E-state index is 5.58. The number of benzene rings is 1. The van der Waals surface area contributed by atoms with E-state index in [9.17, 15) is 0 Å². The SMILES string of the molecule is Cc1ccc(NC(=S)NCC2([NH+]3CCOCC3)CCCCC2)cc1C. The first-order valence-electron chi connectivity index (χ1n) is 9.64. The van der Waals surface area contributed by atoms with E-state index in [1.807, 2.05) is 0 Å². The third kappa shape index (κ3) is 4.72. The molecular formula is C20H32N3OS+. The van der Waals surface area contributed by atoms with Gasteiger partial charge in [-0.25, -0.2) is 0 Å². The lowest BCUT2D eigenvalue weighted by molar-refractivity contribution is -0.960. The number of morpholine rings is 1. The zero-order chi connectivity index (χ0) is 17.7. The van der Waals surface area contributed by atoms with Gasteiger partial charge in [-0.2, -0.15) is 0 Å². The molecule has 2 fully saturated rings. The first-order chi connectivity index (χ1) is 12.1. The molecule has 138 valence electrons. The standard InChI is InChI=1S/C20H31N3OS/c1-16-6-7-18(14-17(16)2)22-19(25)21-15-20(8-4-3-5-9-20)23-10-12-24-13-11-23/h6-7,14H,3-5,8-13,15H2,1-2H3,(H2,21,22,25)/p+1. The highest BCUT2D eigenvalue weighted by atomic mass is 32.1. The van der Waals surface area contributed by atoms with Crippen LogP contribution in [-0.2, 0) is 4.74 Å². The van der Waals surface area contributed by atoms with Crippen LogP contribution in [0.5, 0.6) is 0 Å². The maximum atomic E-state index is 5.58. The Morgan fingerprint density at radius 2 is 1.84 bits per heavy atom. The molecule has 2 aliphatic rings. The number of thiocarbonyl (C=S) groups is 1. The van der Waals surface area contributed by atoms with E-state index >= 15 is 0 Å². The van der Waals surface area contributed by atoms with E-state index in [1.165, 1.54) is 43.2 Å². The predicted octanol–water partition coefficient (Wildman–Crippen LogP) is 2.21. The summed E-state index contributed by atoms with van der Waals surface area (Å²) in [6.07, 6.45) is 6.63. The average molecular weight is 363 g/mol. The minimum absolute atomic E-state index is 0.316. The Balaban J connectivity index is 1.60. The minimum Gasteiger partial charge on any atom is -0.370 e. The van der Waals surface area contributed by atoms with Crippen LogP contribution in [0.2, 0.25) is 0 Å². The smallest absolute Gasteiger partial charge is 0.171 e. The second-order valence-corrected chi connectivity index (χ2v) is 8.07. The van der Waals surface area contributed by atoms with Crippen molar-refractivity contribution in [3.8, 4) is 0 Å². The van der Waals surface area contributed by atoms with E-state index in [0.717, 1.165) is 43.6 Å². The van der Waals surface area contributed by atoms with Crippen molar-refractivity contribution >= 4 is 23.0 Å². The monoisotopic (exact) mass is 362 g/mol. The topological polar surface area (TPSA) is 37.7 Å². The normalized spacial score (nSPS) is 20.9. The Kier molecular flexibility index (Phi) is 6.31. The first-order valence-corrected chi connectivity index (χ1v) is 10.0. The van der Waals surface area contributed by atoms with Gasteiger partial charge in [-0.1, -0.05) is 12.5 Å². The summed E-state index contributed by atoms with van der Waals surface area (Å²) >= 11 is 5.58. The summed E-state index contributed by atoms with van der Waals surface area (Å²) in [6, 6.07) is 6.40. The van der Waals surface area contributed by atoms with Gasteiger partial charge in [0, 0.05) is 18.5 Å². The molecule has 3 rings (SSSR count). The molecule has 1 aromatic rings. The second-order valence-electron chi connectivity index (χ2n) is 7.66. The number of rotatable bonds is 4. The van der Waals surface area contributed by atoms with Gasteiger partial charge in [0.2, 0.25) is 0 Å². The lowest BCUT2D eigenvalue weighted by atomic mass is 9.80. The van der Waals surface area contributed by atoms with Crippen molar-refractivity contribution in [2.45, 2.75) is 51.5 Å². The molecule has 1 aromatic carbocycles. The fourth-order valence-corrected chi connectivity index (χ4v) is 4.47. The Morgan fingerprint density at radius 3 is 2.52 bits per heavy atom. The van der Waals surface area contributed by atoms with Crippen LogP contribution in [0.25, 0.3) is 0 Å². The van der Waals surface area contributed by atoms with Crippen LogP contribution in [0.4, 0.5) is 5.69 Å². The van der Waals surface area contributed by atoms with Gasteiger partial charge in [-0.15, -0.1) is 0 Å². The molecule has 1 saturated heterocycles. The molecule has 1 aliphatic carbocycles. The van der Waals surface area contributed by atoms with Crippen LogP contribution in [0.3, 0.4) is 0 Å². The molecule has 5 heteroatoms. The van der Waals surface area contributed by atoms with Crippen LogP contribution >= 0.6 is 12.2 Å². The fourth-order valence-electron chi connectivity index (χ4n) is 4.28. The molecule has 0 unspecified atom stereocenters. The predicted molar refractivity (Wildman–Crippen MR) is 107 cm³/mol. The summed E-state index contributed by atoms with van der Waals surface area (Å²) in [6.45, 7) is 9.26. The second kappa shape index (κ2) is 8.47. The van der Waals surface area contributed by atoms with Gasteiger partial charge in [0.1, 0.15) is 18.6 Å². The van der Waals surface area contributed by atoms with Gasteiger partial charge in [0.25, 0.3) is 0 Å². The van der Waals surface area contributed by atoms with Gasteiger partial charge >= 0.3 is 0 Å².